The van der Waals surface area contributed by atoms with Gasteiger partial charge in [-0.25, -0.2) is 4.39 Å². The van der Waals surface area contributed by atoms with E-state index in [0.29, 0.717) is 34.3 Å². The summed E-state index contributed by atoms with van der Waals surface area (Å²) in [5, 5.41) is 3.75. The number of carbonyl (C=O) groups excluding carboxylic acids is 2. The SMILES string of the molecule is CCCCNC(=O)C(CC)N(Cc1ccc(Cl)c(Cl)c1)C(=O)CSCc1ccccc1F. The van der Waals surface area contributed by atoms with Crippen LogP contribution in [-0.2, 0) is 21.9 Å². The molecule has 1 unspecified atom stereocenters. The minimum absolute atomic E-state index is 0.133. The summed E-state index contributed by atoms with van der Waals surface area (Å²) in [6.07, 6.45) is 2.32. The molecule has 0 bridgehead atoms. The molecule has 4 nitrogen and oxygen atoms in total. The smallest absolute Gasteiger partial charge is 0.242 e. The Morgan fingerprint density at radius 1 is 1.12 bits per heavy atom. The Kier molecular flexibility index (Phi) is 11.4. The van der Waals surface area contributed by atoms with Gasteiger partial charge in [0.15, 0.2) is 0 Å². The maximum Gasteiger partial charge on any atom is 0.242 e. The normalized spacial score (nSPS) is 11.8. The monoisotopic (exact) mass is 498 g/mol. The zero-order chi connectivity index (χ0) is 23.5. The number of hydrogen-bond acceptors (Lipinski definition) is 3. The second-order valence-electron chi connectivity index (χ2n) is 7.42. The minimum atomic E-state index is -0.608. The first-order valence-electron chi connectivity index (χ1n) is 10.7. The van der Waals surface area contributed by atoms with E-state index in [-0.39, 0.29) is 29.9 Å². The molecule has 8 heteroatoms. The quantitative estimate of drug-likeness (QED) is 0.360. The second-order valence-corrected chi connectivity index (χ2v) is 9.22. The molecule has 2 rings (SSSR count). The molecule has 2 aromatic rings. The van der Waals surface area contributed by atoms with Crippen molar-refractivity contribution < 1.29 is 14.0 Å². The molecule has 2 aromatic carbocycles. The van der Waals surface area contributed by atoms with Crippen LogP contribution in [-0.4, -0.2) is 35.1 Å². The van der Waals surface area contributed by atoms with E-state index in [2.05, 4.69) is 12.2 Å². The van der Waals surface area contributed by atoms with Crippen molar-refractivity contribution in [3.05, 3.63) is 69.5 Å². The van der Waals surface area contributed by atoms with E-state index >= 15 is 0 Å². The Morgan fingerprint density at radius 3 is 2.53 bits per heavy atom. The molecule has 0 aliphatic carbocycles. The average Bonchev–Trinajstić information content (AvgIpc) is 2.77. The topological polar surface area (TPSA) is 49.4 Å². The largest absolute Gasteiger partial charge is 0.354 e. The Labute approximate surface area is 203 Å². The third-order valence-corrected chi connectivity index (χ3v) is 6.70. The highest BCUT2D eigenvalue weighted by Crippen LogP contribution is 2.25. The molecule has 0 aliphatic heterocycles. The van der Waals surface area contributed by atoms with Gasteiger partial charge in [0.2, 0.25) is 11.8 Å². The number of nitrogens with zero attached hydrogens (tertiary/aromatic N) is 1. The lowest BCUT2D eigenvalue weighted by Crippen LogP contribution is -2.49. The van der Waals surface area contributed by atoms with E-state index in [1.165, 1.54) is 17.8 Å². The van der Waals surface area contributed by atoms with E-state index < -0.39 is 6.04 Å². The van der Waals surface area contributed by atoms with Crippen LogP contribution in [0, 0.1) is 5.82 Å². The number of amides is 2. The zero-order valence-corrected chi connectivity index (χ0v) is 20.7. The third-order valence-electron chi connectivity index (χ3n) is 4.99. The predicted molar refractivity (Wildman–Crippen MR) is 132 cm³/mol. The van der Waals surface area contributed by atoms with Crippen LogP contribution in [0.15, 0.2) is 42.5 Å². The first-order chi connectivity index (χ1) is 15.4. The summed E-state index contributed by atoms with van der Waals surface area (Å²) >= 11 is 13.5. The van der Waals surface area contributed by atoms with E-state index in [1.54, 1.807) is 41.3 Å². The van der Waals surface area contributed by atoms with Gasteiger partial charge in [-0.3, -0.25) is 9.59 Å². The first kappa shape index (κ1) is 26.5. The number of unbranched alkanes of at least 4 members (excludes halogenated alkanes) is 1. The summed E-state index contributed by atoms with van der Waals surface area (Å²) in [5.74, 6) is -0.141. The van der Waals surface area contributed by atoms with Crippen molar-refractivity contribution in [1.82, 2.24) is 10.2 Å². The Morgan fingerprint density at radius 2 is 1.88 bits per heavy atom. The molecule has 0 saturated heterocycles. The highest BCUT2D eigenvalue weighted by atomic mass is 35.5. The van der Waals surface area contributed by atoms with Crippen molar-refractivity contribution in [2.24, 2.45) is 0 Å². The summed E-state index contributed by atoms with van der Waals surface area (Å²) in [5.41, 5.74) is 1.33. The van der Waals surface area contributed by atoms with Crippen LogP contribution in [0.25, 0.3) is 0 Å². The van der Waals surface area contributed by atoms with Crippen molar-refractivity contribution in [3.63, 3.8) is 0 Å². The molecule has 0 aromatic heterocycles. The maximum atomic E-state index is 13.9. The number of hydrogen-bond donors (Lipinski definition) is 1. The summed E-state index contributed by atoms with van der Waals surface area (Å²) in [6.45, 7) is 4.74. The Bertz CT molecular complexity index is 913. The van der Waals surface area contributed by atoms with Crippen molar-refractivity contribution in [3.8, 4) is 0 Å². The van der Waals surface area contributed by atoms with E-state index in [4.69, 9.17) is 23.2 Å². The van der Waals surface area contributed by atoms with Gasteiger partial charge in [0.25, 0.3) is 0 Å². The van der Waals surface area contributed by atoms with Gasteiger partial charge >= 0.3 is 0 Å². The van der Waals surface area contributed by atoms with Crippen LogP contribution in [0.2, 0.25) is 10.0 Å². The number of thioether (sulfide) groups is 1. The number of carbonyl (C=O) groups is 2. The number of benzene rings is 2. The van der Waals surface area contributed by atoms with Gasteiger partial charge in [-0.2, -0.15) is 0 Å². The van der Waals surface area contributed by atoms with Gasteiger partial charge in [-0.05, 0) is 42.2 Å². The van der Waals surface area contributed by atoms with Crippen LogP contribution >= 0.6 is 35.0 Å². The van der Waals surface area contributed by atoms with E-state index in [1.807, 2.05) is 6.92 Å². The average molecular weight is 499 g/mol. The third kappa shape index (κ3) is 7.98. The van der Waals surface area contributed by atoms with Crippen LogP contribution in [0.3, 0.4) is 0 Å². The first-order valence-corrected chi connectivity index (χ1v) is 12.6. The Hall–Kier alpha value is -1.76. The number of halogens is 3. The zero-order valence-electron chi connectivity index (χ0n) is 18.4. The van der Waals surface area contributed by atoms with Crippen molar-refractivity contribution in [2.45, 2.75) is 51.4 Å². The molecule has 0 spiro atoms. The molecular weight excluding hydrogens is 470 g/mol. The summed E-state index contributed by atoms with van der Waals surface area (Å²) in [6, 6.07) is 11.1. The maximum absolute atomic E-state index is 13.9. The second kappa shape index (κ2) is 13.7. The molecule has 1 N–H and O–H groups in total. The molecule has 1 atom stereocenters. The van der Waals surface area contributed by atoms with Crippen LogP contribution < -0.4 is 5.32 Å². The standard InChI is InChI=1S/C24H29Cl2FN2O2S/c1-3-5-12-28-24(31)22(4-2)29(14-17-10-11-19(25)20(26)13-17)23(30)16-32-15-18-8-6-7-9-21(18)27/h6-11,13,22H,3-5,12,14-16H2,1-2H3,(H,28,31). The fraction of sp³-hybridized carbons (Fsp3) is 0.417. The van der Waals surface area contributed by atoms with E-state index in [0.717, 1.165) is 18.4 Å². The van der Waals surface area contributed by atoms with Crippen molar-refractivity contribution >= 4 is 46.8 Å². The Balaban J connectivity index is 2.15. The summed E-state index contributed by atoms with van der Waals surface area (Å²) in [7, 11) is 0. The molecule has 0 saturated carbocycles. The van der Waals surface area contributed by atoms with Gasteiger partial charge in [0, 0.05) is 18.8 Å². The predicted octanol–water partition coefficient (Wildman–Crippen LogP) is 6.09. The number of rotatable bonds is 12. The van der Waals surface area contributed by atoms with Gasteiger partial charge in [0.05, 0.1) is 15.8 Å². The van der Waals surface area contributed by atoms with Gasteiger partial charge < -0.3 is 10.2 Å². The lowest BCUT2D eigenvalue weighted by Gasteiger charge is -2.30. The summed E-state index contributed by atoms with van der Waals surface area (Å²) < 4.78 is 13.9. The van der Waals surface area contributed by atoms with Crippen LogP contribution in [0.1, 0.15) is 44.2 Å². The number of nitrogens with one attached hydrogen (secondary N) is 1. The van der Waals surface area contributed by atoms with Gasteiger partial charge in [0.1, 0.15) is 11.9 Å². The highest BCUT2D eigenvalue weighted by molar-refractivity contribution is 7.99. The lowest BCUT2D eigenvalue weighted by molar-refractivity contribution is -0.139. The molecule has 32 heavy (non-hydrogen) atoms. The molecule has 2 amide bonds. The van der Waals surface area contributed by atoms with E-state index in [9.17, 15) is 14.0 Å². The molecule has 0 aliphatic rings. The molecule has 0 fully saturated rings. The lowest BCUT2D eigenvalue weighted by atomic mass is 10.1. The van der Waals surface area contributed by atoms with Crippen LogP contribution in [0.4, 0.5) is 4.39 Å². The fourth-order valence-electron chi connectivity index (χ4n) is 3.21. The summed E-state index contributed by atoms with van der Waals surface area (Å²) in [4.78, 5) is 27.6. The fourth-order valence-corrected chi connectivity index (χ4v) is 4.42. The van der Waals surface area contributed by atoms with Crippen molar-refractivity contribution in [1.29, 1.82) is 0 Å². The molecular formula is C24H29Cl2FN2O2S. The van der Waals surface area contributed by atoms with Gasteiger partial charge in [-0.1, -0.05) is 67.7 Å². The van der Waals surface area contributed by atoms with Gasteiger partial charge in [-0.15, -0.1) is 11.8 Å². The van der Waals surface area contributed by atoms with Crippen LogP contribution in [0.5, 0.6) is 0 Å². The molecule has 174 valence electrons. The van der Waals surface area contributed by atoms with Crippen molar-refractivity contribution in [2.75, 3.05) is 12.3 Å². The molecule has 0 radical (unpaired) electrons. The minimum Gasteiger partial charge on any atom is -0.354 e. The highest BCUT2D eigenvalue weighted by Gasteiger charge is 2.28. The molecule has 0 heterocycles.